The first kappa shape index (κ1) is 76.0. The smallest absolute Gasteiger partial charge is 0.324 e. The molecule has 0 aliphatic carbocycles. The molecule has 4 N–H and O–H groups in total. The third-order valence-electron chi connectivity index (χ3n) is 19.6. The van der Waals surface area contributed by atoms with Gasteiger partial charge in [0, 0.05) is 81.2 Å². The van der Waals surface area contributed by atoms with Gasteiger partial charge in [-0.15, -0.1) is 0 Å². The lowest BCUT2D eigenvalue weighted by Crippen LogP contribution is -2.65. The molecule has 4 aromatic carbocycles. The minimum atomic E-state index is -2.14. The summed E-state index contributed by atoms with van der Waals surface area (Å²) in [5.41, 5.74) is -2.77. The Kier molecular flexibility index (Phi) is 19.8. The maximum atomic E-state index is 16.8. The average molecular weight is 1280 g/mol. The Labute approximate surface area is 561 Å². The van der Waals surface area contributed by atoms with E-state index in [9.17, 15) is 20.4 Å². The SMILES string of the molecule is CC(C)(C)c1cc(CC(Cc2cc(C(C)(C)C)c(O)c(C(C)(C)C)c2)(C(=O)OC2CC(C)(C)N(C(=O)c3cc(C(C)(C)C)c(O)c(C(C)(C)C)c3)C(C)(C)C2)C(=O)OC2CC(C)(C)N(C(=O)c3cc(C(C)(C)C)c(O)c(C(C)(C)C)c3)C(C)(C)C2)cc(C(C)(C)C)c1O. The first-order chi connectivity index (χ1) is 41.4. The van der Waals surface area contributed by atoms with E-state index in [2.05, 4.69) is 0 Å². The molecular weight excluding hydrogens is 1160 g/mol. The number of carbonyl (C=O) groups excluding carboxylic acids is 4. The summed E-state index contributed by atoms with van der Waals surface area (Å²) in [4.78, 5) is 68.3. The summed E-state index contributed by atoms with van der Waals surface area (Å²) in [6.45, 7) is 64.4. The number of nitrogens with zero attached hydrogens (tertiary/aromatic N) is 2. The van der Waals surface area contributed by atoms with Gasteiger partial charge in [0.2, 0.25) is 0 Å². The van der Waals surface area contributed by atoms with Crippen LogP contribution in [0.3, 0.4) is 0 Å². The fourth-order valence-electron chi connectivity index (χ4n) is 15.2. The molecule has 2 amide bonds. The molecule has 2 saturated heterocycles. The van der Waals surface area contributed by atoms with Crippen molar-refractivity contribution >= 4 is 23.8 Å². The van der Waals surface area contributed by atoms with Crippen molar-refractivity contribution in [2.24, 2.45) is 5.41 Å². The molecule has 0 unspecified atom stereocenters. The number of phenolic OH excluding ortho intramolecular Hbond substituents is 4. The van der Waals surface area contributed by atoms with Crippen LogP contribution < -0.4 is 0 Å². The lowest BCUT2D eigenvalue weighted by Gasteiger charge is -2.55. The number of carbonyl (C=O) groups is 4. The molecule has 0 bridgehead atoms. The van der Waals surface area contributed by atoms with E-state index in [0.29, 0.717) is 66.8 Å². The summed E-state index contributed by atoms with van der Waals surface area (Å²) in [6.07, 6.45) is -1.20. The highest BCUT2D eigenvalue weighted by Crippen LogP contribution is 2.50. The molecule has 0 radical (unpaired) electrons. The monoisotopic (exact) mass is 1280 g/mol. The summed E-state index contributed by atoms with van der Waals surface area (Å²) >= 11 is 0. The van der Waals surface area contributed by atoms with Crippen LogP contribution in [0.25, 0.3) is 0 Å². The summed E-state index contributed by atoms with van der Waals surface area (Å²) in [5.74, 6) is -1.42. The maximum absolute atomic E-state index is 16.8. The van der Waals surface area contributed by atoms with E-state index in [4.69, 9.17) is 9.47 Å². The Bertz CT molecular complexity index is 3130. The van der Waals surface area contributed by atoms with Crippen molar-refractivity contribution in [3.05, 3.63) is 115 Å². The van der Waals surface area contributed by atoms with Crippen LogP contribution in [0.15, 0.2) is 48.5 Å². The molecule has 516 valence electrons. The van der Waals surface area contributed by atoms with Crippen molar-refractivity contribution in [3.63, 3.8) is 0 Å². The van der Waals surface area contributed by atoms with E-state index in [1.165, 1.54) is 0 Å². The molecule has 2 aliphatic rings. The van der Waals surface area contributed by atoms with Crippen molar-refractivity contribution in [1.82, 2.24) is 9.80 Å². The largest absolute Gasteiger partial charge is 0.507 e. The van der Waals surface area contributed by atoms with E-state index < -0.39 is 95.0 Å². The molecule has 12 nitrogen and oxygen atoms in total. The number of hydrogen-bond acceptors (Lipinski definition) is 10. The highest BCUT2D eigenvalue weighted by molar-refractivity contribution is 6.01. The van der Waals surface area contributed by atoms with E-state index in [0.717, 1.165) is 0 Å². The standard InChI is InChI=1S/C81H122N2O10/c1-69(2,3)53-33-47(34-54(61(53)84)70(4,5)6)41-81(42-48-35-55(71(7,8)9)62(85)56(36-48)72(10,11)12,67(90)92-51-43-77(25,26)82(78(27,28)44-51)65(88)49-37-57(73(13,14)15)63(86)58(38-49)74(16,17)18)68(91)93-52-45-79(29,30)83(80(31,32)46-52)66(89)50-39-59(75(19,20)21)64(87)60(40-50)76(22,23)24/h33-40,51-52,84-87H,41-46H2,1-32H3. The van der Waals surface area contributed by atoms with Gasteiger partial charge < -0.3 is 39.7 Å². The molecular formula is C81H122N2O10. The highest BCUT2D eigenvalue weighted by atomic mass is 16.6. The van der Waals surface area contributed by atoms with E-state index >= 15 is 19.2 Å². The van der Waals surface area contributed by atoms with Gasteiger partial charge in [0.1, 0.15) is 35.2 Å². The van der Waals surface area contributed by atoms with Crippen LogP contribution in [0.5, 0.6) is 23.0 Å². The molecule has 93 heavy (non-hydrogen) atoms. The molecule has 0 atom stereocenters. The van der Waals surface area contributed by atoms with Gasteiger partial charge in [-0.3, -0.25) is 19.2 Å². The summed E-state index contributed by atoms with van der Waals surface area (Å²) in [6, 6.07) is 14.9. The molecule has 6 rings (SSSR count). The Balaban J connectivity index is 1.60. The Morgan fingerprint density at radius 2 is 0.516 bits per heavy atom. The molecule has 12 heteroatoms. The quantitative estimate of drug-likeness (QED) is 0.0884. The number of benzene rings is 4. The van der Waals surface area contributed by atoms with Crippen molar-refractivity contribution in [1.29, 1.82) is 0 Å². The molecule has 4 aromatic rings. The number of amides is 2. The van der Waals surface area contributed by atoms with Crippen molar-refractivity contribution in [3.8, 4) is 23.0 Å². The minimum Gasteiger partial charge on any atom is -0.507 e. The van der Waals surface area contributed by atoms with Crippen LogP contribution in [0.4, 0.5) is 0 Å². The average Bonchev–Trinajstić information content (AvgIpc) is 0.751. The van der Waals surface area contributed by atoms with Crippen molar-refractivity contribution in [2.75, 3.05) is 0 Å². The second kappa shape index (κ2) is 24.2. The third kappa shape index (κ3) is 15.8. The van der Waals surface area contributed by atoms with Crippen molar-refractivity contribution < 1.29 is 49.1 Å². The highest BCUT2D eigenvalue weighted by Gasteiger charge is 2.57. The Morgan fingerprint density at radius 3 is 0.688 bits per heavy atom. The van der Waals surface area contributed by atoms with Crippen molar-refractivity contribution in [2.45, 2.75) is 338 Å². The first-order valence-corrected chi connectivity index (χ1v) is 34.0. The zero-order chi connectivity index (χ0) is 71.7. The minimum absolute atomic E-state index is 0.141. The number of aromatic hydroxyl groups is 4. The molecule has 2 heterocycles. The lowest BCUT2D eigenvalue weighted by atomic mass is 9.71. The molecule has 2 aliphatic heterocycles. The normalized spacial score (nSPS) is 17.9. The molecule has 0 saturated carbocycles. The predicted octanol–water partition coefficient (Wildman–Crippen LogP) is 18.5. The number of hydrogen-bond donors (Lipinski definition) is 4. The Morgan fingerprint density at radius 1 is 0.344 bits per heavy atom. The van der Waals surface area contributed by atoms with Gasteiger partial charge in [0.05, 0.1) is 0 Å². The number of piperidine rings is 2. The fraction of sp³-hybridized carbons (Fsp3) is 0.654. The topological polar surface area (TPSA) is 174 Å². The fourth-order valence-corrected chi connectivity index (χ4v) is 15.2. The van der Waals surface area contributed by atoms with Gasteiger partial charge in [0.25, 0.3) is 11.8 Å². The van der Waals surface area contributed by atoms with Gasteiger partial charge in [-0.1, -0.05) is 190 Å². The van der Waals surface area contributed by atoms with Crippen LogP contribution >= 0.6 is 0 Å². The van der Waals surface area contributed by atoms with Crippen LogP contribution in [0, 0.1) is 5.41 Å². The predicted molar refractivity (Wildman–Crippen MR) is 379 cm³/mol. The van der Waals surface area contributed by atoms with Gasteiger partial charge in [0.15, 0.2) is 5.41 Å². The van der Waals surface area contributed by atoms with Gasteiger partial charge in [-0.05, 0) is 169 Å². The number of esters is 2. The first-order valence-electron chi connectivity index (χ1n) is 34.0. The second-order valence-corrected chi connectivity index (χ2v) is 38.8. The second-order valence-electron chi connectivity index (χ2n) is 38.8. The number of ether oxygens (including phenoxy) is 2. The van der Waals surface area contributed by atoms with Crippen LogP contribution in [-0.2, 0) is 75.2 Å². The Hall–Kier alpha value is -6.04. The van der Waals surface area contributed by atoms with Gasteiger partial charge in [-0.2, -0.15) is 0 Å². The molecule has 0 spiro atoms. The van der Waals surface area contributed by atoms with Crippen LogP contribution in [0.1, 0.15) is 324 Å². The number of rotatable bonds is 10. The van der Waals surface area contributed by atoms with E-state index in [-0.39, 0.29) is 73.3 Å². The zero-order valence-electron chi connectivity index (χ0n) is 63.6. The van der Waals surface area contributed by atoms with Crippen LogP contribution in [0.2, 0.25) is 0 Å². The van der Waals surface area contributed by atoms with Crippen LogP contribution in [-0.4, -0.2) is 88.3 Å². The van der Waals surface area contributed by atoms with E-state index in [1.54, 1.807) is 0 Å². The van der Waals surface area contributed by atoms with Gasteiger partial charge in [-0.25, -0.2) is 0 Å². The maximum Gasteiger partial charge on any atom is 0.324 e. The summed E-state index contributed by atoms with van der Waals surface area (Å²) in [5, 5.41) is 47.9. The zero-order valence-corrected chi connectivity index (χ0v) is 63.6. The van der Waals surface area contributed by atoms with E-state index in [1.807, 2.05) is 280 Å². The number of phenols is 4. The number of likely N-dealkylation sites (tertiary alicyclic amines) is 2. The van der Waals surface area contributed by atoms with Gasteiger partial charge >= 0.3 is 11.9 Å². The lowest BCUT2D eigenvalue weighted by molar-refractivity contribution is -0.186. The third-order valence-corrected chi connectivity index (χ3v) is 19.6. The summed E-state index contributed by atoms with van der Waals surface area (Å²) in [7, 11) is 0. The summed E-state index contributed by atoms with van der Waals surface area (Å²) < 4.78 is 14.1. The molecule has 0 aromatic heterocycles. The molecule has 2 fully saturated rings.